The van der Waals surface area contributed by atoms with E-state index in [1.54, 1.807) is 0 Å². The molecular formula is C28H23ClN2. The molecule has 4 aromatic rings. The average molecular weight is 423 g/mol. The smallest absolute Gasteiger partial charge is 0.0831 e. The highest BCUT2D eigenvalue weighted by molar-refractivity contribution is 6.30. The Hall–Kier alpha value is -3.36. The van der Waals surface area contributed by atoms with Crippen LogP contribution in [0.4, 0.5) is 5.69 Å². The highest BCUT2D eigenvalue weighted by atomic mass is 35.5. The molecule has 1 aliphatic rings. The predicted molar refractivity (Wildman–Crippen MR) is 130 cm³/mol. The van der Waals surface area contributed by atoms with Gasteiger partial charge in [-0.05, 0) is 52.9 Å². The Morgan fingerprint density at radius 3 is 2.00 bits per heavy atom. The van der Waals surface area contributed by atoms with Crippen molar-refractivity contribution in [1.29, 1.82) is 0 Å². The number of hydrogen-bond donors (Lipinski definition) is 0. The second-order valence-electron chi connectivity index (χ2n) is 7.86. The van der Waals surface area contributed by atoms with Crippen molar-refractivity contribution < 1.29 is 0 Å². The van der Waals surface area contributed by atoms with Crippen LogP contribution < -0.4 is 5.01 Å². The van der Waals surface area contributed by atoms with Gasteiger partial charge in [0.2, 0.25) is 0 Å². The molecule has 0 saturated heterocycles. The summed E-state index contributed by atoms with van der Waals surface area (Å²) < 4.78 is 0. The lowest BCUT2D eigenvalue weighted by Crippen LogP contribution is -2.18. The van der Waals surface area contributed by atoms with Gasteiger partial charge in [0.05, 0.1) is 17.4 Å². The van der Waals surface area contributed by atoms with Crippen molar-refractivity contribution in [2.75, 3.05) is 5.01 Å². The zero-order valence-corrected chi connectivity index (χ0v) is 17.9. The van der Waals surface area contributed by atoms with E-state index in [4.69, 9.17) is 16.7 Å². The van der Waals surface area contributed by atoms with Crippen molar-refractivity contribution in [3.63, 3.8) is 0 Å². The van der Waals surface area contributed by atoms with Crippen LogP contribution in [-0.4, -0.2) is 5.71 Å². The summed E-state index contributed by atoms with van der Waals surface area (Å²) in [6.07, 6.45) is 1.80. The molecule has 0 amide bonds. The molecule has 0 bridgehead atoms. The van der Waals surface area contributed by atoms with Gasteiger partial charge in [0.25, 0.3) is 0 Å². The second kappa shape index (κ2) is 8.79. The summed E-state index contributed by atoms with van der Waals surface area (Å²) >= 11 is 6.13. The number of para-hydroxylation sites is 1. The van der Waals surface area contributed by atoms with Crippen LogP contribution in [0.5, 0.6) is 0 Å². The Bertz CT molecular complexity index is 1170. The van der Waals surface area contributed by atoms with Crippen LogP contribution in [-0.2, 0) is 6.42 Å². The van der Waals surface area contributed by atoms with E-state index in [9.17, 15) is 0 Å². The Labute approximate surface area is 188 Å². The van der Waals surface area contributed by atoms with Crippen molar-refractivity contribution in [2.24, 2.45) is 5.10 Å². The molecule has 0 radical (unpaired) electrons. The summed E-state index contributed by atoms with van der Waals surface area (Å²) in [5, 5.41) is 7.93. The number of anilines is 1. The van der Waals surface area contributed by atoms with Gasteiger partial charge in [-0.1, -0.05) is 96.5 Å². The van der Waals surface area contributed by atoms with E-state index in [1.807, 2.05) is 18.2 Å². The van der Waals surface area contributed by atoms with Gasteiger partial charge in [-0.3, -0.25) is 5.01 Å². The van der Waals surface area contributed by atoms with E-state index in [-0.39, 0.29) is 6.04 Å². The molecule has 0 saturated carbocycles. The Morgan fingerprint density at radius 2 is 1.32 bits per heavy atom. The molecule has 1 heterocycles. The van der Waals surface area contributed by atoms with Gasteiger partial charge in [-0.15, -0.1) is 0 Å². The number of benzene rings is 4. The maximum absolute atomic E-state index is 6.13. The fourth-order valence-electron chi connectivity index (χ4n) is 4.09. The molecule has 31 heavy (non-hydrogen) atoms. The zero-order chi connectivity index (χ0) is 21.0. The van der Waals surface area contributed by atoms with Crippen LogP contribution in [0.15, 0.2) is 114 Å². The molecule has 2 nitrogen and oxygen atoms in total. The minimum atomic E-state index is 0.152. The first-order chi connectivity index (χ1) is 15.3. The van der Waals surface area contributed by atoms with Crippen LogP contribution >= 0.6 is 11.6 Å². The molecule has 0 aliphatic carbocycles. The molecule has 1 aliphatic heterocycles. The van der Waals surface area contributed by atoms with E-state index in [1.165, 1.54) is 22.3 Å². The normalized spacial score (nSPS) is 15.7. The average Bonchev–Trinajstić information content (AvgIpc) is 3.27. The monoisotopic (exact) mass is 422 g/mol. The van der Waals surface area contributed by atoms with Crippen molar-refractivity contribution in [1.82, 2.24) is 0 Å². The lowest BCUT2D eigenvalue weighted by atomic mass is 9.97. The largest absolute Gasteiger partial charge is 0.257 e. The molecule has 5 rings (SSSR count). The van der Waals surface area contributed by atoms with Crippen LogP contribution in [0, 0.1) is 0 Å². The summed E-state index contributed by atoms with van der Waals surface area (Å²) in [7, 11) is 0. The van der Waals surface area contributed by atoms with Gasteiger partial charge in [-0.25, -0.2) is 0 Å². The van der Waals surface area contributed by atoms with Gasteiger partial charge in [0.15, 0.2) is 0 Å². The second-order valence-corrected chi connectivity index (χ2v) is 8.29. The topological polar surface area (TPSA) is 15.6 Å². The number of halogens is 1. The molecular weight excluding hydrogens is 400 g/mol. The molecule has 3 heteroatoms. The molecule has 0 spiro atoms. The minimum Gasteiger partial charge on any atom is -0.257 e. The van der Waals surface area contributed by atoms with Crippen LogP contribution in [0.3, 0.4) is 0 Å². The maximum atomic E-state index is 6.13. The Morgan fingerprint density at radius 1 is 0.710 bits per heavy atom. The molecule has 0 unspecified atom stereocenters. The van der Waals surface area contributed by atoms with Crippen LogP contribution in [0.25, 0.3) is 0 Å². The van der Waals surface area contributed by atoms with E-state index >= 15 is 0 Å². The third kappa shape index (κ3) is 4.40. The lowest BCUT2D eigenvalue weighted by molar-refractivity contribution is 0.709. The first-order valence-electron chi connectivity index (χ1n) is 10.6. The summed E-state index contributed by atoms with van der Waals surface area (Å²) in [4.78, 5) is 0. The van der Waals surface area contributed by atoms with Crippen LogP contribution in [0.2, 0.25) is 5.02 Å². The van der Waals surface area contributed by atoms with Gasteiger partial charge in [0.1, 0.15) is 0 Å². The van der Waals surface area contributed by atoms with Crippen molar-refractivity contribution in [3.8, 4) is 0 Å². The lowest BCUT2D eigenvalue weighted by Gasteiger charge is -2.24. The van der Waals surface area contributed by atoms with Crippen molar-refractivity contribution >= 4 is 23.0 Å². The highest BCUT2D eigenvalue weighted by Crippen LogP contribution is 2.37. The third-order valence-electron chi connectivity index (χ3n) is 5.72. The first kappa shape index (κ1) is 19.6. The summed E-state index contributed by atoms with van der Waals surface area (Å²) in [6, 6.07) is 38.0. The highest BCUT2D eigenvalue weighted by Gasteiger charge is 2.29. The number of hydrazone groups is 1. The minimum absolute atomic E-state index is 0.152. The van der Waals surface area contributed by atoms with E-state index in [0.717, 1.165) is 29.3 Å². The van der Waals surface area contributed by atoms with E-state index in [2.05, 4.69) is 96.0 Å². The zero-order valence-electron chi connectivity index (χ0n) is 17.2. The molecule has 4 aromatic carbocycles. The SMILES string of the molecule is Clc1ccc([C@H]2CC(c3ccc(Cc4ccccc4)cc3)=NN2c2ccccc2)cc1. The van der Waals surface area contributed by atoms with Gasteiger partial charge >= 0.3 is 0 Å². The van der Waals surface area contributed by atoms with Gasteiger partial charge in [0, 0.05) is 11.4 Å². The number of rotatable bonds is 5. The fourth-order valence-corrected chi connectivity index (χ4v) is 4.22. The van der Waals surface area contributed by atoms with E-state index < -0.39 is 0 Å². The third-order valence-corrected chi connectivity index (χ3v) is 5.98. The van der Waals surface area contributed by atoms with Gasteiger partial charge < -0.3 is 0 Å². The fraction of sp³-hybridized carbons (Fsp3) is 0.107. The molecule has 1 atom stereocenters. The quantitative estimate of drug-likeness (QED) is 0.329. The van der Waals surface area contributed by atoms with Crippen molar-refractivity contribution in [3.05, 3.63) is 136 Å². The maximum Gasteiger partial charge on any atom is 0.0831 e. The number of hydrogen-bond acceptors (Lipinski definition) is 2. The Kier molecular flexibility index (Phi) is 5.56. The van der Waals surface area contributed by atoms with E-state index in [0.29, 0.717) is 0 Å². The summed E-state index contributed by atoms with van der Waals surface area (Å²) in [5.41, 5.74) is 7.23. The standard InChI is InChI=1S/C28H23ClN2/c29-25-17-15-24(16-18-25)28-20-27(30-31(28)26-9-5-2-6-10-26)23-13-11-22(12-14-23)19-21-7-3-1-4-8-21/h1-18,28H,19-20H2/t28-/m1/s1. The summed E-state index contributed by atoms with van der Waals surface area (Å²) in [6.45, 7) is 0. The van der Waals surface area contributed by atoms with Gasteiger partial charge in [-0.2, -0.15) is 5.10 Å². The number of nitrogens with zero attached hydrogens (tertiary/aromatic N) is 2. The first-order valence-corrected chi connectivity index (χ1v) is 10.9. The van der Waals surface area contributed by atoms with Crippen molar-refractivity contribution in [2.45, 2.75) is 18.9 Å². The molecule has 0 fully saturated rings. The molecule has 152 valence electrons. The molecule has 0 N–H and O–H groups in total. The van der Waals surface area contributed by atoms with Crippen LogP contribution in [0.1, 0.15) is 34.7 Å². The summed E-state index contributed by atoms with van der Waals surface area (Å²) in [5.74, 6) is 0. The molecule has 0 aromatic heterocycles. The Balaban J connectivity index is 1.42. The predicted octanol–water partition coefficient (Wildman–Crippen LogP) is 7.29.